The monoisotopic (exact) mass is 1810 g/mol. The van der Waals surface area contributed by atoms with E-state index >= 15 is 0 Å². The molecule has 0 saturated heterocycles. The standard InChI is InChI=1S/C16H19N2.C16H20N.C14H11N2O.C13H12NO.C13H18N.C12H23N2.C9H14N.C8H15N2.C6H11N2.C5H10.2CH2.Fe/c1-17(2)16-8-6-14(7-9-16)4-5-15-10-12-18(3)13-11-15;1-3-14(2)16-9-11-17(12-10-16)13-15-7-5-4-6-8-15;15-10-12-6-8-16(9-7-12)11-14(17)13-4-2-1-3-5-13;15-13(12-7-3-1-4-8-12)11-14-9-5-2-6-10-14;1-14-10-8-13(9-11-14)7-6-12-4-2-3-5-12;1-3-4-5-6-7-8-9-14-11-10-13(2)12-14;1-2-3-7-10-8-5-4-6-9-10;1-3-4-5-10-7-6-9(2)8-10;1-3-8-5-4-7(2)6-8;1-2-4-5-3-1;;;/h4-13H,1-3H3;4-12,14H,3,13H2,1-2H3;1-9H,11H2;1-10H,11H2;6-12H,2-5H2,1H3;10-12H,3-9H2,1-2H3;4-6,8-9H,2-3,7H2,1H3;6-8H,3-5H2,1-2H3;4-6H,3H2,1-2H3;1-5H2;2*1H2;/q9*+1;;;;/b;;;;7-6+;;;;;;;;. The third-order valence-electron chi connectivity index (χ3n) is 22.0. The first-order valence-electron chi connectivity index (χ1n) is 47.4. The van der Waals surface area contributed by atoms with Gasteiger partial charge in [0.05, 0.1) is 52.4 Å². The summed E-state index contributed by atoms with van der Waals surface area (Å²) in [4.78, 5) is 25.8. The molecule has 0 N–H and O–H groups in total. The molecule has 2 saturated carbocycles. The van der Waals surface area contributed by atoms with Crippen LogP contribution in [0.4, 0.5) is 5.69 Å². The van der Waals surface area contributed by atoms with E-state index in [9.17, 15) is 9.59 Å². The zero-order chi connectivity index (χ0) is 94.5. The number of allylic oxidation sites excluding steroid dienone is 1. The Morgan fingerprint density at radius 1 is 0.427 bits per heavy atom. The van der Waals surface area contributed by atoms with Gasteiger partial charge in [0.15, 0.2) is 80.9 Å². The summed E-state index contributed by atoms with van der Waals surface area (Å²) in [5, 5.41) is 8.66. The van der Waals surface area contributed by atoms with E-state index in [-0.39, 0.29) is 18.1 Å². The second-order valence-electron chi connectivity index (χ2n) is 33.5. The number of nitriles is 1. The van der Waals surface area contributed by atoms with Gasteiger partial charge in [-0.15, -0.1) is 0 Å². The number of anilines is 1. The molecule has 2 aliphatic rings. The molecular formula is C114H157FeN14O2+9. The Bertz CT molecular complexity index is 5200. The van der Waals surface area contributed by atoms with Crippen molar-refractivity contribution in [3.63, 3.8) is 0 Å². The van der Waals surface area contributed by atoms with Gasteiger partial charge in [0.1, 0.15) is 57.8 Å². The molecule has 13 aromatic rings. The molecule has 2 fully saturated rings. The molecule has 0 radical (unpaired) electrons. The van der Waals surface area contributed by atoms with Gasteiger partial charge in [-0.25, -0.2) is 45.7 Å². The number of carbonyl (C=O) groups excluding carboxylic acids is 2. The Hall–Kier alpha value is -12.2. The Balaban J connectivity index is 0.000000260. The maximum atomic E-state index is 11.9. The van der Waals surface area contributed by atoms with E-state index in [1.165, 1.54) is 168 Å². The molecule has 0 bridgehead atoms. The number of unbranched alkanes of at least 4 members (excludes halogenated alkanes) is 7. The number of ketones is 2. The summed E-state index contributed by atoms with van der Waals surface area (Å²) in [6, 6.07) is 67.9. The fourth-order valence-electron chi connectivity index (χ4n) is 13.8. The second kappa shape index (κ2) is 68.8. The van der Waals surface area contributed by atoms with Crippen molar-refractivity contribution >= 4 is 46.3 Å². The first-order valence-corrected chi connectivity index (χ1v) is 49.0. The molecule has 9 aromatic heterocycles. The first-order chi connectivity index (χ1) is 63.8. The Labute approximate surface area is 794 Å². The minimum atomic E-state index is 0.0558. The molecule has 0 aliphatic heterocycles. The predicted octanol–water partition coefficient (Wildman–Crippen LogP) is 20.4. The van der Waals surface area contributed by atoms with Gasteiger partial charge in [0.25, 0.3) is 0 Å². The van der Waals surface area contributed by atoms with E-state index in [2.05, 4.69) is 342 Å². The number of aryl methyl sites for hydroxylation is 9. The number of imidazole rings is 3. The number of hydrogen-bond donors (Lipinski definition) is 0. The zero-order valence-electron chi connectivity index (χ0n) is 81.6. The van der Waals surface area contributed by atoms with E-state index in [4.69, 9.17) is 5.26 Å². The van der Waals surface area contributed by atoms with Crippen molar-refractivity contribution in [2.24, 2.45) is 41.2 Å². The molecule has 9 heterocycles. The molecule has 0 amide bonds. The maximum absolute atomic E-state index is 11.9. The molecule has 1 unspecified atom stereocenters. The van der Waals surface area contributed by atoms with E-state index in [0.717, 1.165) is 51.7 Å². The van der Waals surface area contributed by atoms with E-state index < -0.39 is 0 Å². The van der Waals surface area contributed by atoms with Crippen LogP contribution in [0.2, 0.25) is 0 Å². The predicted molar refractivity (Wildman–Crippen MR) is 536 cm³/mol. The summed E-state index contributed by atoms with van der Waals surface area (Å²) in [5.41, 5.74) is 16.5. The van der Waals surface area contributed by atoms with Gasteiger partial charge in [0, 0.05) is 116 Å². The van der Waals surface area contributed by atoms with Crippen LogP contribution in [-0.4, -0.2) is 50.2 Å². The molecule has 16 nitrogen and oxygen atoms in total. The summed E-state index contributed by atoms with van der Waals surface area (Å²) < 4.78 is 25.0. The molecule has 694 valence electrons. The van der Waals surface area contributed by atoms with Crippen molar-refractivity contribution in [2.75, 3.05) is 19.0 Å². The quantitative estimate of drug-likeness (QED) is 0.0201. The second-order valence-corrected chi connectivity index (χ2v) is 34.0. The molecular weight excluding hydrogens is 1650 g/mol. The zero-order valence-corrected chi connectivity index (χ0v) is 82.7. The van der Waals surface area contributed by atoms with Crippen molar-refractivity contribution in [1.29, 1.82) is 5.26 Å². The Morgan fingerprint density at radius 3 is 1.24 bits per heavy atom. The fourth-order valence-corrected chi connectivity index (χ4v) is 13.8. The van der Waals surface area contributed by atoms with Gasteiger partial charge < -0.3 is 4.90 Å². The summed E-state index contributed by atoms with van der Waals surface area (Å²) in [6.45, 7) is 19.5. The third-order valence-corrected chi connectivity index (χ3v) is 22.0. The van der Waals surface area contributed by atoms with Crippen LogP contribution in [0.15, 0.2) is 337 Å². The number of rotatable bonds is 29. The van der Waals surface area contributed by atoms with Crippen molar-refractivity contribution in [2.45, 2.75) is 222 Å². The normalized spacial score (nSPS) is 11.7. The third kappa shape index (κ3) is 50.5. The average Bonchev–Trinajstić information content (AvgIpc) is 1.86. The summed E-state index contributed by atoms with van der Waals surface area (Å²) in [6.07, 6.45) is 79.4. The van der Waals surface area contributed by atoms with Gasteiger partial charge in [-0.05, 0) is 91.7 Å². The summed E-state index contributed by atoms with van der Waals surface area (Å²) in [5.74, 6) is 1.68. The SMILES string of the molecule is C1CCCC1.CCC(C)c1cc[n+](Cc2ccccc2)cc1.CCCCCCCCn1cc[n+](C)c1.CCCC[n+]1ccccc1.CCCCn1cc[n+](C)c1.CCn1cc[n+](C)c1.CN(C)c1ccc(/C=C/c2cc[n+](C)cc2)cc1.C[n+]1ccc(/C=C/C2CCCC2)cc1.N#Cc1cc[n+](CC(=O)c2ccccc2)cc1.O=C(C[n+]1ccccc1)c1ccccc1.[CH2]=[Fe]=[CH2]. The van der Waals surface area contributed by atoms with Gasteiger partial charge in [-0.2, -0.15) is 14.4 Å². The van der Waals surface area contributed by atoms with E-state index in [1.807, 2.05) is 139 Å². The number of hydrogen-bond acceptors (Lipinski definition) is 4. The fraction of sp³-hybridized carbons (Fsp3) is 0.368. The molecule has 0 spiro atoms. The minimum absolute atomic E-state index is 0.0558. The van der Waals surface area contributed by atoms with E-state index in [0.29, 0.717) is 23.6 Å². The average molecular weight is 1810 g/mol. The molecule has 1 atom stereocenters. The number of aromatic nitrogens is 12. The van der Waals surface area contributed by atoms with Crippen LogP contribution in [0.1, 0.15) is 230 Å². The van der Waals surface area contributed by atoms with Crippen LogP contribution >= 0.6 is 0 Å². The van der Waals surface area contributed by atoms with Crippen LogP contribution in [0, 0.1) is 17.2 Å². The summed E-state index contributed by atoms with van der Waals surface area (Å²) in [7, 11) is 14.3. The molecule has 131 heavy (non-hydrogen) atoms. The van der Waals surface area contributed by atoms with E-state index in [1.54, 1.807) is 41.2 Å². The molecule has 17 heteroatoms. The van der Waals surface area contributed by atoms with Crippen LogP contribution in [-0.2, 0) is 95.1 Å². The van der Waals surface area contributed by atoms with Crippen LogP contribution in [0.25, 0.3) is 18.2 Å². The Morgan fingerprint density at radius 2 is 0.824 bits per heavy atom. The van der Waals surface area contributed by atoms with Gasteiger partial charge in [0.2, 0.25) is 43.6 Å². The topological polar surface area (TPSA) is 111 Å². The van der Waals surface area contributed by atoms with Gasteiger partial charge in [-0.1, -0.05) is 258 Å². The van der Waals surface area contributed by atoms with Crippen LogP contribution in [0.3, 0.4) is 0 Å². The molecule has 15 rings (SSSR count). The number of benzene rings is 4. The van der Waals surface area contributed by atoms with Crippen molar-refractivity contribution in [3.05, 3.63) is 381 Å². The molecule has 2 aliphatic carbocycles. The van der Waals surface area contributed by atoms with Gasteiger partial charge in [-0.3, -0.25) is 9.59 Å². The number of pyridine rings is 6. The first kappa shape index (κ1) is 109. The van der Waals surface area contributed by atoms with Crippen molar-refractivity contribution in [1.82, 2.24) is 13.7 Å². The summed E-state index contributed by atoms with van der Waals surface area (Å²) >= 11 is 0.750. The number of carbonyl (C=O) groups is 2. The van der Waals surface area contributed by atoms with Gasteiger partial charge >= 0.3 is 24.9 Å². The van der Waals surface area contributed by atoms with Crippen molar-refractivity contribution in [3.8, 4) is 6.07 Å². The van der Waals surface area contributed by atoms with Crippen molar-refractivity contribution < 1.29 is 64.8 Å². The van der Waals surface area contributed by atoms with Crippen LogP contribution < -0.4 is 46.0 Å². The number of nitrogens with zero attached hydrogens (tertiary/aromatic N) is 14. The van der Waals surface area contributed by atoms with Crippen LogP contribution in [0.5, 0.6) is 0 Å². The molecule has 4 aromatic carbocycles. The number of Topliss-reactive ketones (excluding diaryl/α,β-unsaturated/α-hetero) is 2. The Kier molecular flexibility index (Phi) is 57.4.